The van der Waals surface area contributed by atoms with Gasteiger partial charge in [0, 0.05) is 31.9 Å². The van der Waals surface area contributed by atoms with Gasteiger partial charge in [-0.2, -0.15) is 4.31 Å². The number of nitrogens with zero attached hydrogens (tertiary/aromatic N) is 2. The van der Waals surface area contributed by atoms with Crippen molar-refractivity contribution in [2.45, 2.75) is 46.4 Å². The van der Waals surface area contributed by atoms with Gasteiger partial charge in [-0.05, 0) is 75.4 Å². The summed E-state index contributed by atoms with van der Waals surface area (Å²) in [5.74, 6) is 0. The molecule has 1 fully saturated rings. The van der Waals surface area contributed by atoms with E-state index in [1.165, 1.54) is 22.4 Å². The van der Waals surface area contributed by atoms with Crippen LogP contribution in [0.2, 0.25) is 0 Å². The summed E-state index contributed by atoms with van der Waals surface area (Å²) in [6, 6.07) is 8.19. The summed E-state index contributed by atoms with van der Waals surface area (Å²) >= 11 is 0. The average molecular weight is 387 g/mol. The van der Waals surface area contributed by atoms with Gasteiger partial charge in [-0.25, -0.2) is 8.42 Å². The van der Waals surface area contributed by atoms with Crippen LogP contribution >= 0.6 is 0 Å². The third-order valence-corrected chi connectivity index (χ3v) is 7.64. The average Bonchev–Trinajstić information content (AvgIpc) is 2.57. The van der Waals surface area contributed by atoms with Crippen LogP contribution in [0, 0.1) is 41.5 Å². The molecule has 1 aliphatic rings. The van der Waals surface area contributed by atoms with Gasteiger partial charge in [0.2, 0.25) is 10.0 Å². The largest absolute Gasteiger partial charge is 0.368 e. The van der Waals surface area contributed by atoms with E-state index in [0.29, 0.717) is 31.1 Å². The second-order valence-corrected chi connectivity index (χ2v) is 9.75. The molecule has 0 amide bonds. The molecule has 0 N–H and O–H groups in total. The lowest BCUT2D eigenvalue weighted by atomic mass is 10.0. The number of aryl methyl sites for hydroxylation is 6. The maximum Gasteiger partial charge on any atom is 0.243 e. The summed E-state index contributed by atoms with van der Waals surface area (Å²) in [4.78, 5) is 2.77. The molecule has 1 aliphatic heterocycles. The fourth-order valence-corrected chi connectivity index (χ4v) is 5.89. The lowest BCUT2D eigenvalue weighted by molar-refractivity contribution is 0.384. The molecule has 0 atom stereocenters. The van der Waals surface area contributed by atoms with Gasteiger partial charge in [0.05, 0.1) is 4.90 Å². The van der Waals surface area contributed by atoms with Gasteiger partial charge in [-0.15, -0.1) is 0 Å². The van der Waals surface area contributed by atoms with E-state index in [9.17, 15) is 8.42 Å². The molecule has 0 spiro atoms. The molecule has 1 saturated heterocycles. The van der Waals surface area contributed by atoms with Crippen LogP contribution in [0.15, 0.2) is 29.2 Å². The second kappa shape index (κ2) is 7.28. The number of rotatable bonds is 3. The fraction of sp³-hybridized carbons (Fsp3) is 0.455. The van der Waals surface area contributed by atoms with Crippen LogP contribution in [0.5, 0.6) is 0 Å². The Morgan fingerprint density at radius 2 is 1.19 bits per heavy atom. The minimum Gasteiger partial charge on any atom is -0.368 e. The summed E-state index contributed by atoms with van der Waals surface area (Å²) in [7, 11) is -3.46. The molecule has 0 aliphatic carbocycles. The molecule has 1 heterocycles. The summed E-state index contributed by atoms with van der Waals surface area (Å²) in [6.07, 6.45) is 0. The molecular formula is C22H30N2O2S. The van der Waals surface area contributed by atoms with Gasteiger partial charge in [0.1, 0.15) is 0 Å². The molecule has 0 saturated carbocycles. The fourth-order valence-electron chi connectivity index (χ4n) is 4.17. The first kappa shape index (κ1) is 19.9. The van der Waals surface area contributed by atoms with Gasteiger partial charge >= 0.3 is 0 Å². The monoisotopic (exact) mass is 386 g/mol. The predicted octanol–water partition coefficient (Wildman–Crippen LogP) is 4.05. The molecule has 27 heavy (non-hydrogen) atoms. The zero-order chi connectivity index (χ0) is 19.9. The maximum absolute atomic E-state index is 13.2. The molecule has 5 heteroatoms. The lowest BCUT2D eigenvalue weighted by Crippen LogP contribution is -2.49. The summed E-state index contributed by atoms with van der Waals surface area (Å²) < 4.78 is 28.0. The number of hydrogen-bond acceptors (Lipinski definition) is 3. The quantitative estimate of drug-likeness (QED) is 0.799. The minimum atomic E-state index is -3.46. The van der Waals surface area contributed by atoms with Crippen LogP contribution in [0.3, 0.4) is 0 Å². The Bertz CT molecular complexity index is 949. The lowest BCUT2D eigenvalue weighted by Gasteiger charge is -2.37. The topological polar surface area (TPSA) is 40.6 Å². The summed E-state index contributed by atoms with van der Waals surface area (Å²) in [5, 5.41) is 0. The van der Waals surface area contributed by atoms with Crippen molar-refractivity contribution < 1.29 is 8.42 Å². The van der Waals surface area contributed by atoms with E-state index in [0.717, 1.165) is 16.7 Å². The Morgan fingerprint density at radius 3 is 1.74 bits per heavy atom. The van der Waals surface area contributed by atoms with E-state index in [1.54, 1.807) is 4.31 Å². The van der Waals surface area contributed by atoms with E-state index >= 15 is 0 Å². The highest BCUT2D eigenvalue weighted by Gasteiger charge is 2.30. The van der Waals surface area contributed by atoms with Crippen LogP contribution in [-0.4, -0.2) is 38.9 Å². The van der Waals surface area contributed by atoms with Crippen molar-refractivity contribution in [1.82, 2.24) is 4.31 Å². The van der Waals surface area contributed by atoms with Gasteiger partial charge in [0.15, 0.2) is 0 Å². The molecule has 2 aromatic carbocycles. The number of benzene rings is 2. The van der Waals surface area contributed by atoms with E-state index in [1.807, 2.05) is 32.9 Å². The summed E-state index contributed by atoms with van der Waals surface area (Å²) in [5.41, 5.74) is 8.00. The molecule has 2 aromatic rings. The number of sulfonamides is 1. The summed E-state index contributed by atoms with van der Waals surface area (Å²) in [6.45, 7) is 14.7. The predicted molar refractivity (Wildman–Crippen MR) is 112 cm³/mol. The third-order valence-electron chi connectivity index (χ3n) is 5.60. The molecule has 0 radical (unpaired) electrons. The molecule has 146 valence electrons. The first-order chi connectivity index (χ1) is 12.6. The van der Waals surface area contributed by atoms with Crippen LogP contribution in [0.1, 0.15) is 33.4 Å². The van der Waals surface area contributed by atoms with Gasteiger partial charge in [-0.3, -0.25) is 0 Å². The molecular weight excluding hydrogens is 356 g/mol. The second-order valence-electron chi connectivity index (χ2n) is 7.84. The van der Waals surface area contributed by atoms with E-state index < -0.39 is 10.0 Å². The molecule has 4 nitrogen and oxygen atoms in total. The van der Waals surface area contributed by atoms with E-state index in [-0.39, 0.29) is 0 Å². The van der Waals surface area contributed by atoms with E-state index in [4.69, 9.17) is 0 Å². The first-order valence-electron chi connectivity index (χ1n) is 9.52. The van der Waals surface area contributed by atoms with Crippen LogP contribution in [0.25, 0.3) is 0 Å². The van der Waals surface area contributed by atoms with Gasteiger partial charge < -0.3 is 4.90 Å². The van der Waals surface area contributed by atoms with Gasteiger partial charge in [0.25, 0.3) is 0 Å². The van der Waals surface area contributed by atoms with Crippen molar-refractivity contribution in [3.63, 3.8) is 0 Å². The van der Waals surface area contributed by atoms with Crippen molar-refractivity contribution in [2.75, 3.05) is 31.1 Å². The van der Waals surface area contributed by atoms with Crippen molar-refractivity contribution in [2.24, 2.45) is 0 Å². The Labute approximate surface area is 163 Å². The molecule has 3 rings (SSSR count). The SMILES string of the molecule is Cc1cc(C)c(N2CCN(S(=O)(=O)c3cc(C)c(C)cc3C)CC2)c(C)c1. The minimum absolute atomic E-state index is 0.446. The molecule has 0 bridgehead atoms. The van der Waals surface area contributed by atoms with Gasteiger partial charge in [-0.1, -0.05) is 23.8 Å². The Hall–Kier alpha value is -1.85. The zero-order valence-corrected chi connectivity index (χ0v) is 18.1. The highest BCUT2D eigenvalue weighted by Crippen LogP contribution is 2.29. The Kier molecular flexibility index (Phi) is 5.37. The van der Waals surface area contributed by atoms with Crippen molar-refractivity contribution in [3.8, 4) is 0 Å². The number of piperazine rings is 1. The smallest absolute Gasteiger partial charge is 0.243 e. The Morgan fingerprint density at radius 1 is 0.667 bits per heavy atom. The van der Waals surface area contributed by atoms with E-state index in [2.05, 4.69) is 37.8 Å². The maximum atomic E-state index is 13.2. The van der Waals surface area contributed by atoms with Crippen LogP contribution in [-0.2, 0) is 10.0 Å². The highest BCUT2D eigenvalue weighted by atomic mass is 32.2. The highest BCUT2D eigenvalue weighted by molar-refractivity contribution is 7.89. The number of anilines is 1. The molecule has 0 unspecified atom stereocenters. The Balaban J connectivity index is 1.83. The number of hydrogen-bond donors (Lipinski definition) is 0. The first-order valence-corrected chi connectivity index (χ1v) is 11.0. The third kappa shape index (κ3) is 3.76. The van der Waals surface area contributed by atoms with Crippen molar-refractivity contribution >= 4 is 15.7 Å². The molecule has 0 aromatic heterocycles. The van der Waals surface area contributed by atoms with Crippen molar-refractivity contribution in [3.05, 3.63) is 57.6 Å². The van der Waals surface area contributed by atoms with Crippen LogP contribution in [0.4, 0.5) is 5.69 Å². The van der Waals surface area contributed by atoms with Crippen LogP contribution < -0.4 is 4.90 Å². The standard InChI is InChI=1S/C22H30N2O2S/c1-15-11-19(5)22(20(6)12-15)23-7-9-24(10-8-23)27(25,26)21-14-17(3)16(2)13-18(21)4/h11-14H,7-10H2,1-6H3. The normalized spacial score (nSPS) is 16.0. The van der Waals surface area contributed by atoms with Crippen molar-refractivity contribution in [1.29, 1.82) is 0 Å². The zero-order valence-electron chi connectivity index (χ0n) is 17.3.